The average Bonchev–Trinajstić information content (AvgIpc) is 3.09. The van der Waals surface area contributed by atoms with E-state index in [9.17, 15) is 18.4 Å². The summed E-state index contributed by atoms with van der Waals surface area (Å²) in [5.74, 6) is -0.772. The van der Waals surface area contributed by atoms with Crippen LogP contribution in [0.4, 0.5) is 8.78 Å². The molecule has 1 aliphatic rings. The molecule has 0 radical (unpaired) electrons. The van der Waals surface area contributed by atoms with E-state index in [-0.39, 0.29) is 23.8 Å². The minimum Gasteiger partial charge on any atom is -0.320 e. The van der Waals surface area contributed by atoms with Crippen LogP contribution in [-0.4, -0.2) is 45.0 Å². The lowest BCUT2D eigenvalue weighted by atomic mass is 10.1. The van der Waals surface area contributed by atoms with E-state index in [0.717, 1.165) is 16.3 Å². The summed E-state index contributed by atoms with van der Waals surface area (Å²) in [6.45, 7) is -0.116. The summed E-state index contributed by atoms with van der Waals surface area (Å²) in [5, 5.41) is 3.87. The molecule has 2 aromatic rings. The number of halogens is 2. The van der Waals surface area contributed by atoms with Crippen molar-refractivity contribution >= 4 is 11.8 Å². The molecule has 1 aromatic heterocycles. The number of hydrogen-bond acceptors (Lipinski definition) is 3. The normalized spacial score (nSPS) is 17.9. The zero-order valence-electron chi connectivity index (χ0n) is 13.2. The fraction of sp³-hybridized carbons (Fsp3) is 0.312. The van der Waals surface area contributed by atoms with Crippen molar-refractivity contribution in [1.29, 1.82) is 0 Å². The Morgan fingerprint density at radius 1 is 1.25 bits per heavy atom. The quantitative estimate of drug-likeness (QED) is 0.862. The summed E-state index contributed by atoms with van der Waals surface area (Å²) >= 11 is 0. The van der Waals surface area contributed by atoms with Crippen LogP contribution in [0.5, 0.6) is 0 Å². The molecule has 1 unspecified atom stereocenters. The Bertz CT molecular complexity index is 776. The van der Waals surface area contributed by atoms with Crippen molar-refractivity contribution < 1.29 is 18.4 Å². The molecule has 24 heavy (non-hydrogen) atoms. The summed E-state index contributed by atoms with van der Waals surface area (Å²) in [5.41, 5.74) is 0.328. The van der Waals surface area contributed by atoms with Gasteiger partial charge in [0.2, 0.25) is 5.91 Å². The number of nitrogens with zero attached hydrogens (tertiary/aromatic N) is 4. The van der Waals surface area contributed by atoms with Crippen molar-refractivity contribution in [3.63, 3.8) is 0 Å². The van der Waals surface area contributed by atoms with Crippen LogP contribution in [0.25, 0.3) is 0 Å². The topological polar surface area (TPSA) is 58.4 Å². The third-order valence-electron chi connectivity index (χ3n) is 4.08. The lowest BCUT2D eigenvalue weighted by Gasteiger charge is -2.27. The number of amides is 2. The standard InChI is InChI=1S/C16H16F2N4O2/c1-20-13(23)9-22(15(20)10-6-4-3-5-7-10)16(24)11-8-12(14(17)18)21(2)19-11/h3-8,14-15H,9H2,1-2H3. The van der Waals surface area contributed by atoms with E-state index in [0.29, 0.717) is 0 Å². The van der Waals surface area contributed by atoms with Gasteiger partial charge < -0.3 is 9.80 Å². The summed E-state index contributed by atoms with van der Waals surface area (Å²) in [4.78, 5) is 27.6. The van der Waals surface area contributed by atoms with Crippen LogP contribution in [-0.2, 0) is 11.8 Å². The van der Waals surface area contributed by atoms with Gasteiger partial charge in [-0.1, -0.05) is 30.3 Å². The van der Waals surface area contributed by atoms with Crippen molar-refractivity contribution in [2.75, 3.05) is 13.6 Å². The molecule has 3 rings (SSSR count). The Hall–Kier alpha value is -2.77. The van der Waals surface area contributed by atoms with E-state index in [1.807, 2.05) is 30.3 Å². The monoisotopic (exact) mass is 334 g/mol. The molecule has 2 heterocycles. The Kier molecular flexibility index (Phi) is 4.04. The van der Waals surface area contributed by atoms with E-state index in [4.69, 9.17) is 0 Å². The number of carbonyl (C=O) groups excluding carboxylic acids is 2. The number of benzene rings is 1. The van der Waals surface area contributed by atoms with Gasteiger partial charge in [-0.05, 0) is 11.6 Å². The minimum atomic E-state index is -2.73. The molecule has 1 atom stereocenters. The number of rotatable bonds is 3. The van der Waals surface area contributed by atoms with Gasteiger partial charge in [-0.15, -0.1) is 0 Å². The highest BCUT2D eigenvalue weighted by molar-refractivity contribution is 5.97. The Labute approximate surface area is 137 Å². The molecule has 1 aromatic carbocycles. The molecule has 1 saturated heterocycles. The smallest absolute Gasteiger partial charge is 0.280 e. The molecule has 1 fully saturated rings. The lowest BCUT2D eigenvalue weighted by Crippen LogP contribution is -2.34. The molecule has 8 heteroatoms. The lowest BCUT2D eigenvalue weighted by molar-refractivity contribution is -0.126. The highest BCUT2D eigenvalue weighted by atomic mass is 19.3. The van der Waals surface area contributed by atoms with Crippen LogP contribution >= 0.6 is 0 Å². The predicted octanol–water partition coefficient (Wildman–Crippen LogP) is 1.97. The minimum absolute atomic E-state index is 0.100. The van der Waals surface area contributed by atoms with Gasteiger partial charge in [-0.2, -0.15) is 5.10 Å². The Balaban J connectivity index is 1.96. The third-order valence-corrected chi connectivity index (χ3v) is 4.08. The van der Waals surface area contributed by atoms with Gasteiger partial charge in [0.25, 0.3) is 12.3 Å². The van der Waals surface area contributed by atoms with E-state index in [1.54, 1.807) is 7.05 Å². The van der Waals surface area contributed by atoms with Crippen molar-refractivity contribution in [3.8, 4) is 0 Å². The molecule has 0 bridgehead atoms. The second-order valence-corrected chi connectivity index (χ2v) is 5.60. The first-order chi connectivity index (χ1) is 11.4. The SMILES string of the molecule is CN1C(=O)CN(C(=O)c2cc(C(F)F)n(C)n2)C1c1ccccc1. The maximum Gasteiger partial charge on any atom is 0.280 e. The molecular weight excluding hydrogens is 318 g/mol. The van der Waals surface area contributed by atoms with Crippen molar-refractivity contribution in [3.05, 3.63) is 53.3 Å². The number of hydrogen-bond donors (Lipinski definition) is 0. The zero-order valence-corrected chi connectivity index (χ0v) is 13.2. The van der Waals surface area contributed by atoms with Crippen LogP contribution in [0.2, 0.25) is 0 Å². The van der Waals surface area contributed by atoms with Gasteiger partial charge in [0.15, 0.2) is 5.69 Å². The van der Waals surface area contributed by atoms with Gasteiger partial charge in [0, 0.05) is 14.1 Å². The number of alkyl halides is 2. The highest BCUT2D eigenvalue weighted by Gasteiger charge is 2.40. The van der Waals surface area contributed by atoms with Gasteiger partial charge in [0.1, 0.15) is 18.4 Å². The van der Waals surface area contributed by atoms with Gasteiger partial charge >= 0.3 is 0 Å². The van der Waals surface area contributed by atoms with Crippen LogP contribution in [0.15, 0.2) is 36.4 Å². The first kappa shape index (κ1) is 16.1. The van der Waals surface area contributed by atoms with Gasteiger partial charge in [0.05, 0.1) is 0 Å². The molecular formula is C16H16F2N4O2. The van der Waals surface area contributed by atoms with Crippen LogP contribution < -0.4 is 0 Å². The van der Waals surface area contributed by atoms with Gasteiger partial charge in [-0.3, -0.25) is 14.3 Å². The summed E-state index contributed by atoms with van der Waals surface area (Å²) in [7, 11) is 2.96. The number of carbonyl (C=O) groups is 2. The molecule has 2 amide bonds. The molecule has 1 aliphatic heterocycles. The van der Waals surface area contributed by atoms with E-state index in [1.165, 1.54) is 16.8 Å². The number of likely N-dealkylation sites (N-methyl/N-ethyl adjacent to an activating group) is 1. The summed E-state index contributed by atoms with van der Waals surface area (Å²) in [6.07, 6.45) is -3.31. The third kappa shape index (κ3) is 2.64. The maximum absolute atomic E-state index is 12.9. The predicted molar refractivity (Wildman–Crippen MR) is 81.2 cm³/mol. The van der Waals surface area contributed by atoms with Crippen LogP contribution in [0.1, 0.15) is 34.3 Å². The summed E-state index contributed by atoms with van der Waals surface area (Å²) in [6, 6.07) is 10.1. The van der Waals surface area contributed by atoms with E-state index < -0.39 is 18.5 Å². The fourth-order valence-corrected chi connectivity index (χ4v) is 2.84. The van der Waals surface area contributed by atoms with Gasteiger partial charge in [-0.25, -0.2) is 8.78 Å². The van der Waals surface area contributed by atoms with Crippen LogP contribution in [0.3, 0.4) is 0 Å². The Morgan fingerprint density at radius 2 is 1.92 bits per heavy atom. The highest BCUT2D eigenvalue weighted by Crippen LogP contribution is 2.31. The van der Waals surface area contributed by atoms with Crippen molar-refractivity contribution in [2.24, 2.45) is 7.05 Å². The largest absolute Gasteiger partial charge is 0.320 e. The second-order valence-electron chi connectivity index (χ2n) is 5.60. The van der Waals surface area contributed by atoms with E-state index in [2.05, 4.69) is 5.10 Å². The molecule has 0 saturated carbocycles. The number of aromatic nitrogens is 2. The molecule has 0 aliphatic carbocycles. The zero-order chi connectivity index (χ0) is 17.4. The molecule has 6 nitrogen and oxygen atoms in total. The summed E-state index contributed by atoms with van der Waals surface area (Å²) < 4.78 is 26.8. The maximum atomic E-state index is 12.9. The fourth-order valence-electron chi connectivity index (χ4n) is 2.84. The Morgan fingerprint density at radius 3 is 2.50 bits per heavy atom. The molecule has 126 valence electrons. The number of aryl methyl sites for hydroxylation is 1. The van der Waals surface area contributed by atoms with Crippen molar-refractivity contribution in [1.82, 2.24) is 19.6 Å². The average molecular weight is 334 g/mol. The van der Waals surface area contributed by atoms with E-state index >= 15 is 0 Å². The molecule has 0 N–H and O–H groups in total. The first-order valence-electron chi connectivity index (χ1n) is 7.34. The first-order valence-corrected chi connectivity index (χ1v) is 7.34. The van der Waals surface area contributed by atoms with Crippen LogP contribution in [0, 0.1) is 0 Å². The second kappa shape index (κ2) is 6.03. The molecule has 0 spiro atoms. The van der Waals surface area contributed by atoms with Crippen molar-refractivity contribution in [2.45, 2.75) is 12.6 Å².